The topological polar surface area (TPSA) is 105 Å². The Labute approximate surface area is 211 Å². The number of nitrogens with one attached hydrogen (secondary N) is 1. The van der Waals surface area contributed by atoms with Gasteiger partial charge in [-0.1, -0.05) is 54.1 Å². The third kappa shape index (κ3) is 7.85. The number of carbonyl (C=O) groups is 2. The van der Waals surface area contributed by atoms with Crippen LogP contribution in [-0.2, 0) is 22.6 Å². The minimum Gasteiger partial charge on any atom is -0.489 e. The summed E-state index contributed by atoms with van der Waals surface area (Å²) in [4.78, 5) is 23.4. The fourth-order valence-corrected chi connectivity index (χ4v) is 3.85. The lowest BCUT2D eigenvalue weighted by atomic mass is 9.97. The monoisotopic (exact) mass is 491 g/mol. The number of alkyl carbamates (subject to hydrolysis) is 1. The molecule has 0 aliphatic heterocycles. The van der Waals surface area contributed by atoms with Crippen LogP contribution in [0.3, 0.4) is 0 Å². The van der Waals surface area contributed by atoms with Gasteiger partial charge >= 0.3 is 12.1 Å². The van der Waals surface area contributed by atoms with Crippen LogP contribution in [0.4, 0.5) is 4.79 Å². The molecule has 3 N–H and O–H groups in total. The van der Waals surface area contributed by atoms with Crippen molar-refractivity contribution in [3.63, 3.8) is 0 Å². The number of carbonyl (C=O) groups excluding carboxylic acids is 1. The van der Waals surface area contributed by atoms with E-state index in [-0.39, 0.29) is 19.6 Å². The van der Waals surface area contributed by atoms with Crippen LogP contribution < -0.4 is 10.1 Å². The van der Waals surface area contributed by atoms with Crippen molar-refractivity contribution in [1.29, 1.82) is 0 Å². The van der Waals surface area contributed by atoms with Crippen molar-refractivity contribution < 1.29 is 29.3 Å². The van der Waals surface area contributed by atoms with Crippen LogP contribution in [0.25, 0.3) is 11.1 Å². The smallest absolute Gasteiger partial charge is 0.408 e. The number of carboxylic acid groups (broad SMARTS) is 1. The van der Waals surface area contributed by atoms with Crippen molar-refractivity contribution in [3.8, 4) is 16.9 Å². The molecule has 3 rings (SSSR count). The summed E-state index contributed by atoms with van der Waals surface area (Å²) >= 11 is 0. The van der Waals surface area contributed by atoms with Gasteiger partial charge in [-0.15, -0.1) is 0 Å². The van der Waals surface area contributed by atoms with Gasteiger partial charge in [0.2, 0.25) is 0 Å². The standard InChI is InChI=1S/C29H33NO6/c1-19-12-20(18-35-26-11-6-5-8-23(26)16-27(32)33)14-24(13-19)21-9-7-10-22(15-21)25(17-31)30-28(34)36-29(2,3)4/h5-15,25,31H,16-18H2,1-4H3,(H,30,34)(H,32,33). The van der Waals surface area contributed by atoms with Gasteiger partial charge in [-0.2, -0.15) is 0 Å². The number of ether oxygens (including phenoxy) is 2. The minimum atomic E-state index is -0.911. The van der Waals surface area contributed by atoms with E-state index in [1.807, 2.05) is 49.4 Å². The van der Waals surface area contributed by atoms with E-state index >= 15 is 0 Å². The second-order valence-electron chi connectivity index (χ2n) is 9.68. The molecule has 36 heavy (non-hydrogen) atoms. The van der Waals surface area contributed by atoms with Crippen molar-refractivity contribution in [2.24, 2.45) is 0 Å². The summed E-state index contributed by atoms with van der Waals surface area (Å²) in [6.07, 6.45) is -0.698. The average Bonchev–Trinajstić information content (AvgIpc) is 2.80. The zero-order valence-corrected chi connectivity index (χ0v) is 21.1. The molecule has 0 saturated carbocycles. The van der Waals surface area contributed by atoms with Crippen LogP contribution in [0.2, 0.25) is 0 Å². The highest BCUT2D eigenvalue weighted by atomic mass is 16.6. The first kappa shape index (κ1) is 26.8. The Morgan fingerprint density at radius 3 is 2.42 bits per heavy atom. The van der Waals surface area contributed by atoms with E-state index in [2.05, 4.69) is 11.4 Å². The second kappa shape index (κ2) is 11.7. The summed E-state index contributed by atoms with van der Waals surface area (Å²) in [6.45, 7) is 7.35. The maximum absolute atomic E-state index is 12.2. The van der Waals surface area contributed by atoms with Gasteiger partial charge in [0.1, 0.15) is 18.0 Å². The van der Waals surface area contributed by atoms with Crippen LogP contribution in [0.5, 0.6) is 5.75 Å². The highest BCUT2D eigenvalue weighted by Gasteiger charge is 2.20. The summed E-state index contributed by atoms with van der Waals surface area (Å²) in [5, 5.41) is 21.8. The molecule has 3 aromatic rings. The third-order valence-electron chi connectivity index (χ3n) is 5.34. The second-order valence-corrected chi connectivity index (χ2v) is 9.68. The molecule has 7 nitrogen and oxygen atoms in total. The number of aliphatic hydroxyl groups is 1. The molecular weight excluding hydrogens is 458 g/mol. The Hall–Kier alpha value is -3.84. The molecule has 0 aliphatic rings. The first-order chi connectivity index (χ1) is 17.0. The van der Waals surface area contributed by atoms with Crippen molar-refractivity contribution in [3.05, 3.63) is 89.0 Å². The largest absolute Gasteiger partial charge is 0.489 e. The third-order valence-corrected chi connectivity index (χ3v) is 5.34. The van der Waals surface area contributed by atoms with Gasteiger partial charge in [-0.3, -0.25) is 4.79 Å². The lowest BCUT2D eigenvalue weighted by Crippen LogP contribution is -2.36. The molecule has 1 atom stereocenters. The van der Waals surface area contributed by atoms with Gasteiger partial charge in [-0.05, 0) is 68.1 Å². The van der Waals surface area contributed by atoms with Gasteiger partial charge in [0.25, 0.3) is 0 Å². The summed E-state index contributed by atoms with van der Waals surface area (Å²) < 4.78 is 11.3. The molecule has 0 aromatic heterocycles. The SMILES string of the molecule is Cc1cc(COc2ccccc2CC(=O)O)cc(-c2cccc(C(CO)NC(=O)OC(C)(C)C)c2)c1. The number of aryl methyl sites for hydroxylation is 1. The molecule has 1 unspecified atom stereocenters. The van der Waals surface area contributed by atoms with E-state index in [0.717, 1.165) is 27.8 Å². The number of carboxylic acids is 1. The number of rotatable bonds is 9. The Morgan fingerprint density at radius 1 is 0.972 bits per heavy atom. The molecule has 0 saturated heterocycles. The summed E-state index contributed by atoms with van der Waals surface area (Å²) in [5.74, 6) is -0.366. The van der Waals surface area contributed by atoms with E-state index in [9.17, 15) is 14.7 Å². The van der Waals surface area contributed by atoms with Gasteiger partial charge in [0.05, 0.1) is 19.1 Å². The molecule has 0 aliphatic carbocycles. The van der Waals surface area contributed by atoms with E-state index < -0.39 is 23.7 Å². The summed E-state index contributed by atoms with van der Waals surface area (Å²) in [7, 11) is 0. The summed E-state index contributed by atoms with van der Waals surface area (Å²) in [6, 6.07) is 20.2. The molecule has 1 amide bonds. The van der Waals surface area contributed by atoms with E-state index in [0.29, 0.717) is 11.3 Å². The predicted octanol–water partition coefficient (Wildman–Crippen LogP) is 5.43. The quantitative estimate of drug-likeness (QED) is 0.369. The lowest BCUT2D eigenvalue weighted by molar-refractivity contribution is -0.136. The maximum atomic E-state index is 12.2. The maximum Gasteiger partial charge on any atom is 0.408 e. The predicted molar refractivity (Wildman–Crippen MR) is 138 cm³/mol. The fraction of sp³-hybridized carbons (Fsp3) is 0.310. The zero-order chi connectivity index (χ0) is 26.3. The molecule has 0 bridgehead atoms. The summed E-state index contributed by atoms with van der Waals surface area (Å²) in [5.41, 5.74) is 4.60. The van der Waals surface area contributed by atoms with E-state index in [1.54, 1.807) is 39.0 Å². The van der Waals surface area contributed by atoms with Crippen molar-refractivity contribution in [2.45, 2.75) is 52.4 Å². The van der Waals surface area contributed by atoms with Crippen LogP contribution in [0.15, 0.2) is 66.7 Å². The van der Waals surface area contributed by atoms with Gasteiger partial charge < -0.3 is 25.0 Å². The molecule has 0 spiro atoms. The average molecular weight is 492 g/mol. The number of aliphatic carboxylic acids is 1. The number of aliphatic hydroxyl groups excluding tert-OH is 1. The van der Waals surface area contributed by atoms with Crippen molar-refractivity contribution >= 4 is 12.1 Å². The van der Waals surface area contributed by atoms with E-state index in [4.69, 9.17) is 14.6 Å². The fourth-order valence-electron chi connectivity index (χ4n) is 3.85. The number of para-hydroxylation sites is 1. The Kier molecular flexibility index (Phi) is 8.72. The highest BCUT2D eigenvalue weighted by molar-refractivity contribution is 5.71. The lowest BCUT2D eigenvalue weighted by Gasteiger charge is -2.23. The Bertz CT molecular complexity index is 1210. The molecule has 190 valence electrons. The van der Waals surface area contributed by atoms with Gasteiger partial charge in [-0.25, -0.2) is 4.79 Å². The minimum absolute atomic E-state index is 0.106. The van der Waals surface area contributed by atoms with E-state index in [1.165, 1.54) is 0 Å². The number of hydrogen-bond acceptors (Lipinski definition) is 5. The highest BCUT2D eigenvalue weighted by Crippen LogP contribution is 2.27. The molecular formula is C29H33NO6. The number of benzene rings is 3. The van der Waals surface area contributed by atoms with Crippen LogP contribution in [0.1, 0.15) is 49.1 Å². The first-order valence-corrected chi connectivity index (χ1v) is 11.8. The Balaban J connectivity index is 1.80. The first-order valence-electron chi connectivity index (χ1n) is 11.8. The normalized spacial score (nSPS) is 12.0. The van der Waals surface area contributed by atoms with Gasteiger partial charge in [0, 0.05) is 5.56 Å². The van der Waals surface area contributed by atoms with Crippen LogP contribution in [0, 0.1) is 6.92 Å². The molecule has 7 heteroatoms. The van der Waals surface area contributed by atoms with Crippen molar-refractivity contribution in [2.75, 3.05) is 6.61 Å². The van der Waals surface area contributed by atoms with Gasteiger partial charge in [0.15, 0.2) is 0 Å². The molecule has 3 aromatic carbocycles. The van der Waals surface area contributed by atoms with Crippen molar-refractivity contribution in [1.82, 2.24) is 5.32 Å². The Morgan fingerprint density at radius 2 is 1.72 bits per heavy atom. The molecule has 0 radical (unpaired) electrons. The molecule has 0 heterocycles. The number of amides is 1. The van der Waals surface area contributed by atoms with Crippen LogP contribution >= 0.6 is 0 Å². The van der Waals surface area contributed by atoms with Crippen LogP contribution in [-0.4, -0.2) is 34.5 Å². The molecule has 0 fully saturated rings. The zero-order valence-electron chi connectivity index (χ0n) is 21.1. The number of hydrogen-bond donors (Lipinski definition) is 3.